The van der Waals surface area contributed by atoms with Crippen LogP contribution in [0.3, 0.4) is 0 Å². The fourth-order valence-electron chi connectivity index (χ4n) is 0.880. The molecule has 1 aromatic rings. The van der Waals surface area contributed by atoms with Crippen molar-refractivity contribution in [1.82, 2.24) is 9.78 Å². The molecule has 72 valence electrons. The van der Waals surface area contributed by atoms with Gasteiger partial charge < -0.3 is 0 Å². The molecule has 0 atom stereocenters. The van der Waals surface area contributed by atoms with Gasteiger partial charge in [0.05, 0.1) is 5.69 Å². The minimum atomic E-state index is -3.88. The van der Waals surface area contributed by atoms with Crippen molar-refractivity contribution in [3.63, 3.8) is 0 Å². The third-order valence-corrected chi connectivity index (χ3v) is 2.93. The Hall–Kier alpha value is -0.880. The van der Waals surface area contributed by atoms with Crippen LogP contribution in [-0.2, 0) is 16.1 Å². The molecule has 0 amide bonds. The van der Waals surface area contributed by atoms with E-state index >= 15 is 0 Å². The second-order valence-corrected chi connectivity index (χ2v) is 5.03. The predicted molar refractivity (Wildman–Crippen MR) is 47.3 cm³/mol. The second kappa shape index (κ2) is 3.12. The summed E-state index contributed by atoms with van der Waals surface area (Å²) in [7, 11) is 2.63. The molecule has 0 N–H and O–H groups in total. The molecule has 0 aliphatic carbocycles. The molecule has 0 aromatic carbocycles. The lowest BCUT2D eigenvalue weighted by atomic mass is 10.4. The van der Waals surface area contributed by atoms with E-state index in [0.29, 0.717) is 0 Å². The standard InChI is InChI=1S/C6H7ClN2O3S/c1-4-5(13(7,11)12)3-6(10)9(2)8-4/h3H,1-2H3. The monoisotopic (exact) mass is 222 g/mol. The van der Waals surface area contributed by atoms with E-state index in [9.17, 15) is 13.2 Å². The molecule has 1 heterocycles. The molecule has 0 aliphatic heterocycles. The van der Waals surface area contributed by atoms with Crippen LogP contribution in [0.5, 0.6) is 0 Å². The summed E-state index contributed by atoms with van der Waals surface area (Å²) in [6.45, 7) is 1.47. The van der Waals surface area contributed by atoms with E-state index in [4.69, 9.17) is 10.7 Å². The highest BCUT2D eigenvalue weighted by Gasteiger charge is 2.15. The third-order valence-electron chi connectivity index (χ3n) is 1.49. The van der Waals surface area contributed by atoms with Crippen molar-refractivity contribution in [2.45, 2.75) is 11.8 Å². The molecule has 0 bridgehead atoms. The summed E-state index contributed by atoms with van der Waals surface area (Å²) in [5, 5.41) is 3.68. The molecule has 13 heavy (non-hydrogen) atoms. The van der Waals surface area contributed by atoms with Crippen molar-refractivity contribution in [3.05, 3.63) is 22.1 Å². The molecule has 0 unspecified atom stereocenters. The summed E-state index contributed by atoms with van der Waals surface area (Å²) in [5.41, 5.74) is -0.304. The molecule has 0 radical (unpaired) electrons. The van der Waals surface area contributed by atoms with E-state index in [0.717, 1.165) is 10.7 Å². The fraction of sp³-hybridized carbons (Fsp3) is 0.333. The van der Waals surface area contributed by atoms with Crippen LogP contribution in [0.1, 0.15) is 5.69 Å². The lowest BCUT2D eigenvalue weighted by Crippen LogP contribution is -2.21. The summed E-state index contributed by atoms with van der Waals surface area (Å²) in [6, 6.07) is 0.949. The summed E-state index contributed by atoms with van der Waals surface area (Å²) >= 11 is 0. The zero-order valence-electron chi connectivity index (χ0n) is 6.98. The smallest absolute Gasteiger partial charge is 0.267 e. The first kappa shape index (κ1) is 10.2. The van der Waals surface area contributed by atoms with Crippen LogP contribution in [-0.4, -0.2) is 18.2 Å². The molecule has 0 fully saturated rings. The molecule has 5 nitrogen and oxygen atoms in total. The van der Waals surface area contributed by atoms with Crippen LogP contribution in [0, 0.1) is 6.92 Å². The maximum atomic E-state index is 11.0. The van der Waals surface area contributed by atoms with Gasteiger partial charge in [-0.15, -0.1) is 0 Å². The third kappa shape index (κ3) is 2.07. The van der Waals surface area contributed by atoms with Crippen LogP contribution in [0.4, 0.5) is 0 Å². The summed E-state index contributed by atoms with van der Waals surface area (Å²) in [6.07, 6.45) is 0. The second-order valence-electron chi connectivity index (χ2n) is 2.49. The van der Waals surface area contributed by atoms with Crippen molar-refractivity contribution in [3.8, 4) is 0 Å². The summed E-state index contributed by atoms with van der Waals surface area (Å²) < 4.78 is 22.8. The average Bonchev–Trinajstić information content (AvgIpc) is 1.94. The van der Waals surface area contributed by atoms with Gasteiger partial charge in [0.1, 0.15) is 4.90 Å². The molecule has 0 saturated carbocycles. The lowest BCUT2D eigenvalue weighted by Gasteiger charge is -2.01. The zero-order chi connectivity index (χ0) is 10.2. The van der Waals surface area contributed by atoms with Crippen LogP contribution < -0.4 is 5.56 Å². The van der Waals surface area contributed by atoms with Gasteiger partial charge in [-0.2, -0.15) is 5.10 Å². The Morgan fingerprint density at radius 2 is 2.08 bits per heavy atom. The Labute approximate surface area is 79.4 Å². The van der Waals surface area contributed by atoms with Gasteiger partial charge in [0.25, 0.3) is 14.6 Å². The average molecular weight is 223 g/mol. The topological polar surface area (TPSA) is 69.0 Å². The number of aryl methyl sites for hydroxylation is 2. The van der Waals surface area contributed by atoms with Crippen LogP contribution in [0.2, 0.25) is 0 Å². The highest BCUT2D eigenvalue weighted by atomic mass is 35.7. The van der Waals surface area contributed by atoms with Crippen molar-refractivity contribution in [1.29, 1.82) is 0 Å². The maximum Gasteiger partial charge on any atom is 0.267 e. The predicted octanol–water partition coefficient (Wildman–Crippen LogP) is 0.0162. The Morgan fingerprint density at radius 3 is 2.54 bits per heavy atom. The van der Waals surface area contributed by atoms with E-state index < -0.39 is 14.6 Å². The van der Waals surface area contributed by atoms with Gasteiger partial charge in [0.15, 0.2) is 0 Å². The molecule has 0 saturated heterocycles. The highest BCUT2D eigenvalue weighted by Crippen LogP contribution is 2.14. The van der Waals surface area contributed by atoms with Crippen LogP contribution >= 0.6 is 10.7 Å². The first-order chi connectivity index (χ1) is 5.82. The summed E-state index contributed by atoms with van der Waals surface area (Å²) in [4.78, 5) is 10.8. The SMILES string of the molecule is Cc1nn(C)c(=O)cc1S(=O)(=O)Cl. The van der Waals surface area contributed by atoms with Crippen molar-refractivity contribution >= 4 is 19.7 Å². The number of nitrogens with zero attached hydrogens (tertiary/aromatic N) is 2. The number of hydrogen-bond acceptors (Lipinski definition) is 4. The quantitative estimate of drug-likeness (QED) is 0.628. The highest BCUT2D eigenvalue weighted by molar-refractivity contribution is 8.13. The van der Waals surface area contributed by atoms with E-state index in [1.54, 1.807) is 0 Å². The fourth-order valence-corrected chi connectivity index (χ4v) is 1.98. The molecular formula is C6H7ClN2O3S. The molecular weight excluding hydrogens is 216 g/mol. The molecule has 1 aromatic heterocycles. The van der Waals surface area contributed by atoms with Gasteiger partial charge in [0.2, 0.25) is 0 Å². The van der Waals surface area contributed by atoms with Crippen LogP contribution in [0.25, 0.3) is 0 Å². The van der Waals surface area contributed by atoms with Gasteiger partial charge >= 0.3 is 0 Å². The molecule has 1 rings (SSSR count). The van der Waals surface area contributed by atoms with E-state index in [-0.39, 0.29) is 10.6 Å². The summed E-state index contributed by atoms with van der Waals surface area (Å²) in [5.74, 6) is 0. The largest absolute Gasteiger partial charge is 0.268 e. The number of rotatable bonds is 1. The van der Waals surface area contributed by atoms with Gasteiger partial charge in [0, 0.05) is 23.8 Å². The minimum Gasteiger partial charge on any atom is -0.268 e. The van der Waals surface area contributed by atoms with E-state index in [1.807, 2.05) is 0 Å². The Balaban J connectivity index is 3.60. The first-order valence-corrected chi connectivity index (χ1v) is 5.63. The molecule has 0 aliphatic rings. The minimum absolute atomic E-state index is 0.206. The molecule has 7 heteroatoms. The normalized spacial score (nSPS) is 11.6. The maximum absolute atomic E-state index is 11.0. The number of halogens is 1. The van der Waals surface area contributed by atoms with E-state index in [1.165, 1.54) is 14.0 Å². The number of hydrogen-bond donors (Lipinski definition) is 0. The number of aromatic nitrogens is 2. The van der Waals surface area contributed by atoms with Crippen molar-refractivity contribution in [2.24, 2.45) is 7.05 Å². The Bertz CT molecular complexity index is 491. The zero-order valence-corrected chi connectivity index (χ0v) is 8.56. The molecule has 0 spiro atoms. The van der Waals surface area contributed by atoms with E-state index in [2.05, 4.69) is 5.10 Å². The van der Waals surface area contributed by atoms with Crippen molar-refractivity contribution in [2.75, 3.05) is 0 Å². The van der Waals surface area contributed by atoms with Crippen molar-refractivity contribution < 1.29 is 8.42 Å². The van der Waals surface area contributed by atoms with Gasteiger partial charge in [-0.05, 0) is 6.92 Å². The Morgan fingerprint density at radius 1 is 1.54 bits per heavy atom. The Kier molecular flexibility index (Phi) is 2.44. The van der Waals surface area contributed by atoms with Gasteiger partial charge in [-0.1, -0.05) is 0 Å². The first-order valence-electron chi connectivity index (χ1n) is 3.32. The van der Waals surface area contributed by atoms with Gasteiger partial charge in [-0.3, -0.25) is 4.79 Å². The lowest BCUT2D eigenvalue weighted by molar-refractivity contribution is 0.603. The van der Waals surface area contributed by atoms with Gasteiger partial charge in [-0.25, -0.2) is 13.1 Å². The van der Waals surface area contributed by atoms with Crippen LogP contribution in [0.15, 0.2) is 15.8 Å².